The van der Waals surface area contributed by atoms with Gasteiger partial charge in [0.25, 0.3) is 0 Å². The predicted molar refractivity (Wildman–Crippen MR) is 83.9 cm³/mol. The second-order valence-electron chi connectivity index (χ2n) is 7.16. The molecule has 1 aromatic rings. The Hall–Kier alpha value is -0.940. The number of aromatic nitrogens is 3. The van der Waals surface area contributed by atoms with E-state index >= 15 is 0 Å². The van der Waals surface area contributed by atoms with E-state index in [1.165, 1.54) is 19.3 Å². The molecule has 1 heterocycles. The summed E-state index contributed by atoms with van der Waals surface area (Å²) in [6.45, 7) is 12.4. The van der Waals surface area contributed by atoms with Crippen molar-refractivity contribution in [2.75, 3.05) is 13.2 Å². The number of nitrogens with one attached hydrogen (secondary N) is 1. The summed E-state index contributed by atoms with van der Waals surface area (Å²) >= 11 is 0. The quantitative estimate of drug-likeness (QED) is 0.840. The molecular weight excluding hydrogens is 264 g/mol. The molecule has 1 fully saturated rings. The van der Waals surface area contributed by atoms with Crippen molar-refractivity contribution >= 4 is 0 Å². The van der Waals surface area contributed by atoms with E-state index in [0.717, 1.165) is 37.9 Å². The van der Waals surface area contributed by atoms with Crippen molar-refractivity contribution in [3.05, 3.63) is 11.9 Å². The van der Waals surface area contributed by atoms with Crippen LogP contribution in [0.5, 0.6) is 0 Å². The second kappa shape index (κ2) is 7.36. The van der Waals surface area contributed by atoms with E-state index in [0.29, 0.717) is 11.5 Å². The van der Waals surface area contributed by atoms with Crippen LogP contribution < -0.4 is 5.32 Å². The maximum atomic E-state index is 6.08. The minimum absolute atomic E-state index is 0.397. The Balaban J connectivity index is 1.72. The van der Waals surface area contributed by atoms with Crippen molar-refractivity contribution < 1.29 is 4.74 Å². The molecule has 2 rings (SSSR count). The number of hydrogen-bond acceptors (Lipinski definition) is 4. The molecule has 0 saturated heterocycles. The van der Waals surface area contributed by atoms with Crippen LogP contribution >= 0.6 is 0 Å². The molecule has 1 aliphatic rings. The Bertz CT molecular complexity index is 430. The van der Waals surface area contributed by atoms with E-state index < -0.39 is 0 Å². The topological polar surface area (TPSA) is 52.0 Å². The van der Waals surface area contributed by atoms with Gasteiger partial charge in [-0.05, 0) is 37.1 Å². The van der Waals surface area contributed by atoms with Gasteiger partial charge in [-0.15, -0.1) is 5.10 Å². The van der Waals surface area contributed by atoms with E-state index in [4.69, 9.17) is 4.74 Å². The Labute approximate surface area is 128 Å². The Kier molecular flexibility index (Phi) is 5.76. The minimum Gasteiger partial charge on any atom is -0.376 e. The van der Waals surface area contributed by atoms with E-state index in [2.05, 4.69) is 43.3 Å². The first-order valence-corrected chi connectivity index (χ1v) is 8.20. The Morgan fingerprint density at radius 3 is 2.95 bits per heavy atom. The average molecular weight is 294 g/mol. The molecule has 0 amide bonds. The predicted octanol–water partition coefficient (Wildman–Crippen LogP) is 2.62. The second-order valence-corrected chi connectivity index (χ2v) is 7.16. The fourth-order valence-corrected chi connectivity index (χ4v) is 3.48. The van der Waals surface area contributed by atoms with Crippen molar-refractivity contribution in [3.63, 3.8) is 0 Å². The van der Waals surface area contributed by atoms with E-state index in [9.17, 15) is 0 Å². The highest BCUT2D eigenvalue weighted by atomic mass is 16.5. The van der Waals surface area contributed by atoms with Gasteiger partial charge >= 0.3 is 0 Å². The first kappa shape index (κ1) is 16.4. The Morgan fingerprint density at radius 1 is 1.43 bits per heavy atom. The summed E-state index contributed by atoms with van der Waals surface area (Å²) in [6.07, 6.45) is 6.06. The standard InChI is InChI=1S/C16H30N4O/c1-5-17-11-14-12-20(19-18-14)6-7-21-15-8-13(2)9-16(3,4)10-15/h12-13,15,17H,5-11H2,1-4H3. The number of nitrogens with zero attached hydrogens (tertiary/aromatic N) is 3. The van der Waals surface area contributed by atoms with Crippen LogP contribution in [0.15, 0.2) is 6.20 Å². The Morgan fingerprint density at radius 2 is 2.24 bits per heavy atom. The molecule has 0 radical (unpaired) electrons. The summed E-state index contributed by atoms with van der Waals surface area (Å²) in [5.41, 5.74) is 1.40. The lowest BCUT2D eigenvalue weighted by atomic mass is 9.71. The summed E-state index contributed by atoms with van der Waals surface area (Å²) in [5, 5.41) is 11.5. The van der Waals surface area contributed by atoms with E-state index in [1.807, 2.05) is 10.9 Å². The van der Waals surface area contributed by atoms with Crippen LogP contribution in [0.25, 0.3) is 0 Å². The van der Waals surface area contributed by atoms with Gasteiger partial charge in [-0.1, -0.05) is 32.9 Å². The largest absolute Gasteiger partial charge is 0.376 e. The molecule has 120 valence electrons. The van der Waals surface area contributed by atoms with E-state index in [1.54, 1.807) is 0 Å². The lowest BCUT2D eigenvalue weighted by molar-refractivity contribution is -0.0263. The third-order valence-electron chi connectivity index (χ3n) is 4.16. The lowest BCUT2D eigenvalue weighted by Gasteiger charge is -2.38. The van der Waals surface area contributed by atoms with Crippen LogP contribution in [0.1, 0.15) is 52.7 Å². The van der Waals surface area contributed by atoms with Gasteiger partial charge in [0, 0.05) is 12.7 Å². The monoisotopic (exact) mass is 294 g/mol. The van der Waals surface area contributed by atoms with Gasteiger partial charge in [0.2, 0.25) is 0 Å². The van der Waals surface area contributed by atoms with Gasteiger partial charge in [-0.3, -0.25) is 0 Å². The molecule has 0 bridgehead atoms. The normalized spacial score (nSPS) is 25.1. The molecule has 0 aliphatic heterocycles. The van der Waals surface area contributed by atoms with Crippen LogP contribution in [0, 0.1) is 11.3 Å². The van der Waals surface area contributed by atoms with Crippen molar-refractivity contribution in [2.45, 2.75) is 66.2 Å². The molecular formula is C16H30N4O. The average Bonchev–Trinajstić information content (AvgIpc) is 2.82. The fraction of sp³-hybridized carbons (Fsp3) is 0.875. The molecule has 1 aliphatic carbocycles. The third kappa shape index (κ3) is 5.40. The molecule has 1 N–H and O–H groups in total. The molecule has 21 heavy (non-hydrogen) atoms. The van der Waals surface area contributed by atoms with E-state index in [-0.39, 0.29) is 0 Å². The van der Waals surface area contributed by atoms with Gasteiger partial charge < -0.3 is 10.1 Å². The molecule has 0 aromatic carbocycles. The maximum absolute atomic E-state index is 6.08. The highest BCUT2D eigenvalue weighted by Crippen LogP contribution is 2.39. The fourth-order valence-electron chi connectivity index (χ4n) is 3.48. The summed E-state index contributed by atoms with van der Waals surface area (Å²) in [6, 6.07) is 0. The zero-order chi connectivity index (χ0) is 15.3. The molecule has 1 saturated carbocycles. The number of hydrogen-bond donors (Lipinski definition) is 1. The zero-order valence-corrected chi connectivity index (χ0v) is 13.9. The SMILES string of the molecule is CCNCc1cn(CCOC2CC(C)CC(C)(C)C2)nn1. The highest BCUT2D eigenvalue weighted by molar-refractivity contribution is 4.91. The van der Waals surface area contributed by atoms with Crippen molar-refractivity contribution in [1.82, 2.24) is 20.3 Å². The summed E-state index contributed by atoms with van der Waals surface area (Å²) in [7, 11) is 0. The lowest BCUT2D eigenvalue weighted by Crippen LogP contribution is -2.33. The smallest absolute Gasteiger partial charge is 0.0964 e. The van der Waals surface area contributed by atoms with Crippen molar-refractivity contribution in [1.29, 1.82) is 0 Å². The first-order valence-electron chi connectivity index (χ1n) is 8.20. The van der Waals surface area contributed by atoms with Crippen LogP contribution in [0.2, 0.25) is 0 Å². The van der Waals surface area contributed by atoms with Gasteiger partial charge in [-0.25, -0.2) is 4.68 Å². The van der Waals surface area contributed by atoms with Gasteiger partial charge in [0.15, 0.2) is 0 Å². The maximum Gasteiger partial charge on any atom is 0.0964 e. The van der Waals surface area contributed by atoms with Crippen LogP contribution in [-0.2, 0) is 17.8 Å². The summed E-state index contributed by atoms with van der Waals surface area (Å²) in [5.74, 6) is 0.761. The number of rotatable bonds is 7. The molecule has 2 unspecified atom stereocenters. The minimum atomic E-state index is 0.397. The van der Waals surface area contributed by atoms with Gasteiger partial charge in [0.05, 0.1) is 24.9 Å². The van der Waals surface area contributed by atoms with Gasteiger partial charge in [0.1, 0.15) is 0 Å². The molecule has 2 atom stereocenters. The van der Waals surface area contributed by atoms with Crippen LogP contribution in [0.3, 0.4) is 0 Å². The van der Waals surface area contributed by atoms with Gasteiger partial charge in [-0.2, -0.15) is 0 Å². The zero-order valence-electron chi connectivity index (χ0n) is 13.9. The third-order valence-corrected chi connectivity index (χ3v) is 4.16. The molecule has 1 aromatic heterocycles. The van der Waals surface area contributed by atoms with Crippen LogP contribution in [0.4, 0.5) is 0 Å². The van der Waals surface area contributed by atoms with Crippen molar-refractivity contribution in [3.8, 4) is 0 Å². The molecule has 5 nitrogen and oxygen atoms in total. The van der Waals surface area contributed by atoms with Crippen molar-refractivity contribution in [2.24, 2.45) is 11.3 Å². The van der Waals surface area contributed by atoms with Crippen LogP contribution in [-0.4, -0.2) is 34.2 Å². The molecule has 0 spiro atoms. The number of ether oxygens (including phenoxy) is 1. The molecule has 5 heteroatoms. The highest BCUT2D eigenvalue weighted by Gasteiger charge is 2.32. The summed E-state index contributed by atoms with van der Waals surface area (Å²) in [4.78, 5) is 0. The summed E-state index contributed by atoms with van der Waals surface area (Å²) < 4.78 is 7.96. The first-order chi connectivity index (χ1) is 9.98.